The Hall–Kier alpha value is -5.43. The van der Waals surface area contributed by atoms with Crippen molar-refractivity contribution in [1.82, 2.24) is 10.6 Å². The van der Waals surface area contributed by atoms with Crippen molar-refractivity contribution in [3.8, 4) is 11.5 Å². The van der Waals surface area contributed by atoms with Gasteiger partial charge in [-0.15, -0.1) is 3.89 Å². The number of nitrogens with zero attached hydrogens (tertiary/aromatic N) is 2. The first kappa shape index (κ1) is 32.5. The van der Waals surface area contributed by atoms with E-state index in [0.717, 1.165) is 23.5 Å². The SMILES string of the molecule is CN(C)c1ccc2c(c1)Oc1cc(N(C)C)ccc1C21OC(=O)c2cc(C(=O)NCC(=O)NCCc3ccc(S(=O)(=O)F)cc3)ccc21. The second kappa shape index (κ2) is 12.3. The van der Waals surface area contributed by atoms with Crippen molar-refractivity contribution in [2.75, 3.05) is 51.1 Å². The van der Waals surface area contributed by atoms with Crippen LogP contribution in [-0.2, 0) is 31.8 Å². The molecule has 0 radical (unpaired) electrons. The highest BCUT2D eigenvalue weighted by atomic mass is 32.3. The molecule has 0 saturated carbocycles. The van der Waals surface area contributed by atoms with E-state index in [1.165, 1.54) is 18.2 Å². The van der Waals surface area contributed by atoms with E-state index < -0.39 is 38.5 Å². The quantitative estimate of drug-likeness (QED) is 0.199. The number of anilines is 2. The summed E-state index contributed by atoms with van der Waals surface area (Å²) >= 11 is 0. The lowest BCUT2D eigenvalue weighted by molar-refractivity contribution is -0.120. The zero-order valence-electron chi connectivity index (χ0n) is 26.7. The number of halogens is 1. The lowest BCUT2D eigenvalue weighted by atomic mass is 9.77. The third-order valence-corrected chi connectivity index (χ3v) is 9.25. The molecule has 0 unspecified atom stereocenters. The molecule has 4 aromatic rings. The first-order valence-electron chi connectivity index (χ1n) is 15.1. The van der Waals surface area contributed by atoms with Gasteiger partial charge in [-0.1, -0.05) is 18.2 Å². The van der Waals surface area contributed by atoms with Crippen molar-refractivity contribution < 1.29 is 36.2 Å². The molecule has 2 aliphatic rings. The summed E-state index contributed by atoms with van der Waals surface area (Å²) in [6.07, 6.45) is 0.366. The van der Waals surface area contributed by atoms with Crippen LogP contribution in [0, 0.1) is 0 Å². The molecule has 48 heavy (non-hydrogen) atoms. The smallest absolute Gasteiger partial charge is 0.340 e. The third kappa shape index (κ3) is 5.92. The summed E-state index contributed by atoms with van der Waals surface area (Å²) in [7, 11) is 2.91. The van der Waals surface area contributed by atoms with Gasteiger partial charge in [-0.2, -0.15) is 8.42 Å². The summed E-state index contributed by atoms with van der Waals surface area (Å²) in [5, 5.41) is 5.25. The molecular formula is C35H33FN4O7S. The van der Waals surface area contributed by atoms with Gasteiger partial charge in [0.2, 0.25) is 5.91 Å². The van der Waals surface area contributed by atoms with Gasteiger partial charge in [-0.3, -0.25) is 9.59 Å². The van der Waals surface area contributed by atoms with Gasteiger partial charge in [0, 0.05) is 80.5 Å². The summed E-state index contributed by atoms with van der Waals surface area (Å²) < 4.78 is 47.7. The Kier molecular flexibility index (Phi) is 8.33. The van der Waals surface area contributed by atoms with Crippen LogP contribution in [0.15, 0.2) is 83.8 Å². The van der Waals surface area contributed by atoms with Crippen LogP contribution >= 0.6 is 0 Å². The van der Waals surface area contributed by atoms with Crippen molar-refractivity contribution in [2.45, 2.75) is 16.9 Å². The maximum absolute atomic E-state index is 13.5. The number of rotatable bonds is 9. The second-order valence-electron chi connectivity index (χ2n) is 11.9. The van der Waals surface area contributed by atoms with E-state index in [9.17, 15) is 26.7 Å². The Morgan fingerprint density at radius 1 is 0.792 bits per heavy atom. The van der Waals surface area contributed by atoms with Crippen LogP contribution in [0.2, 0.25) is 0 Å². The predicted molar refractivity (Wildman–Crippen MR) is 177 cm³/mol. The minimum absolute atomic E-state index is 0.178. The average Bonchev–Trinajstić information content (AvgIpc) is 3.34. The number of esters is 1. The van der Waals surface area contributed by atoms with E-state index in [1.807, 2.05) is 74.4 Å². The van der Waals surface area contributed by atoms with Gasteiger partial charge >= 0.3 is 16.2 Å². The molecule has 0 fully saturated rings. The Labute approximate surface area is 277 Å². The number of fused-ring (bicyclic) bond motifs is 6. The number of carbonyl (C=O) groups is 3. The number of carbonyl (C=O) groups excluding carboxylic acids is 3. The van der Waals surface area contributed by atoms with E-state index in [0.29, 0.717) is 40.2 Å². The van der Waals surface area contributed by atoms with E-state index in [1.54, 1.807) is 12.1 Å². The number of nitrogens with one attached hydrogen (secondary N) is 2. The number of ether oxygens (including phenoxy) is 2. The Bertz CT molecular complexity index is 2010. The summed E-state index contributed by atoms with van der Waals surface area (Å²) in [6.45, 7) is -0.105. The van der Waals surface area contributed by atoms with Crippen LogP contribution in [0.25, 0.3) is 0 Å². The molecule has 1 spiro atoms. The molecule has 0 bridgehead atoms. The molecular weight excluding hydrogens is 639 g/mol. The fourth-order valence-corrected chi connectivity index (χ4v) is 6.35. The molecule has 13 heteroatoms. The lowest BCUT2D eigenvalue weighted by Crippen LogP contribution is -2.37. The molecule has 2 aliphatic heterocycles. The van der Waals surface area contributed by atoms with E-state index in [2.05, 4.69) is 10.6 Å². The highest BCUT2D eigenvalue weighted by Gasteiger charge is 2.53. The van der Waals surface area contributed by atoms with E-state index in [-0.39, 0.29) is 24.2 Å². The minimum atomic E-state index is -4.78. The second-order valence-corrected chi connectivity index (χ2v) is 13.3. The summed E-state index contributed by atoms with van der Waals surface area (Å²) in [5.41, 5.74) is 3.48. The summed E-state index contributed by atoms with van der Waals surface area (Å²) in [5.74, 6) is -0.508. The minimum Gasteiger partial charge on any atom is -0.456 e. The molecule has 2 amide bonds. The Balaban J connectivity index is 1.20. The predicted octanol–water partition coefficient (Wildman–Crippen LogP) is 4.13. The van der Waals surface area contributed by atoms with Crippen molar-refractivity contribution in [1.29, 1.82) is 0 Å². The largest absolute Gasteiger partial charge is 0.456 e. The topological polar surface area (TPSA) is 134 Å². The zero-order valence-corrected chi connectivity index (χ0v) is 27.5. The fraction of sp³-hybridized carbons (Fsp3) is 0.229. The zero-order chi connectivity index (χ0) is 34.4. The van der Waals surface area contributed by atoms with Crippen molar-refractivity contribution in [3.63, 3.8) is 0 Å². The van der Waals surface area contributed by atoms with Gasteiger partial charge in [0.05, 0.1) is 17.0 Å². The molecule has 0 aliphatic carbocycles. The van der Waals surface area contributed by atoms with Gasteiger partial charge in [0.25, 0.3) is 5.91 Å². The highest BCUT2D eigenvalue weighted by molar-refractivity contribution is 7.86. The number of hydrogen-bond acceptors (Lipinski definition) is 9. The van der Waals surface area contributed by atoms with Crippen molar-refractivity contribution in [2.24, 2.45) is 0 Å². The monoisotopic (exact) mass is 672 g/mol. The molecule has 0 saturated heterocycles. The van der Waals surface area contributed by atoms with Crippen LogP contribution in [-0.4, -0.2) is 67.5 Å². The van der Waals surface area contributed by atoms with Gasteiger partial charge in [-0.05, 0) is 60.5 Å². The normalized spacial score (nSPS) is 13.8. The van der Waals surface area contributed by atoms with Crippen LogP contribution in [0.3, 0.4) is 0 Å². The summed E-state index contributed by atoms with van der Waals surface area (Å²) in [4.78, 5) is 42.5. The lowest BCUT2D eigenvalue weighted by Gasteiger charge is -2.37. The van der Waals surface area contributed by atoms with Crippen LogP contribution in [0.1, 0.15) is 43.0 Å². The third-order valence-electron chi connectivity index (χ3n) is 8.42. The highest BCUT2D eigenvalue weighted by Crippen LogP contribution is 2.57. The maximum atomic E-state index is 13.5. The average molecular weight is 673 g/mol. The fourth-order valence-electron chi connectivity index (χ4n) is 5.89. The van der Waals surface area contributed by atoms with Gasteiger partial charge in [0.1, 0.15) is 11.5 Å². The standard InChI is InChI=1S/C35H33FN4O7S/c1-39(2)23-8-13-28-30(18-23)46-31-19-24(40(3)4)9-14-29(31)35(28)27-12-7-22(17-26(27)34(43)47-35)33(42)38-20-32(41)37-16-15-21-5-10-25(11-6-21)48(36,44)45/h5-14,17-19H,15-16,20H2,1-4H3,(H,37,41)(H,38,42). The molecule has 0 aromatic heterocycles. The van der Waals surface area contributed by atoms with Gasteiger partial charge in [0.15, 0.2) is 5.60 Å². The Morgan fingerprint density at radius 2 is 1.38 bits per heavy atom. The number of amides is 2. The van der Waals surface area contributed by atoms with Crippen molar-refractivity contribution in [3.05, 3.63) is 112 Å². The molecule has 2 N–H and O–H groups in total. The maximum Gasteiger partial charge on any atom is 0.340 e. The molecule has 248 valence electrons. The van der Waals surface area contributed by atoms with E-state index in [4.69, 9.17) is 9.47 Å². The van der Waals surface area contributed by atoms with Gasteiger partial charge < -0.3 is 29.9 Å². The van der Waals surface area contributed by atoms with E-state index >= 15 is 0 Å². The molecule has 4 aromatic carbocycles. The Morgan fingerprint density at radius 3 is 1.94 bits per heavy atom. The first-order chi connectivity index (χ1) is 22.8. The number of hydrogen-bond donors (Lipinski definition) is 2. The first-order valence-corrected chi connectivity index (χ1v) is 16.4. The van der Waals surface area contributed by atoms with Crippen LogP contribution in [0.5, 0.6) is 11.5 Å². The molecule has 0 atom stereocenters. The molecule has 2 heterocycles. The van der Waals surface area contributed by atoms with Crippen LogP contribution in [0.4, 0.5) is 15.3 Å². The van der Waals surface area contributed by atoms with Crippen LogP contribution < -0.4 is 25.2 Å². The number of benzene rings is 4. The van der Waals surface area contributed by atoms with Crippen molar-refractivity contribution >= 4 is 39.4 Å². The molecule has 11 nitrogen and oxygen atoms in total. The molecule has 6 rings (SSSR count). The summed E-state index contributed by atoms with van der Waals surface area (Å²) in [6, 6.07) is 21.4. The van der Waals surface area contributed by atoms with Gasteiger partial charge in [-0.25, -0.2) is 4.79 Å².